The van der Waals surface area contributed by atoms with Gasteiger partial charge in [-0.2, -0.15) is 0 Å². The van der Waals surface area contributed by atoms with Crippen LogP contribution >= 0.6 is 0 Å². The summed E-state index contributed by atoms with van der Waals surface area (Å²) in [5, 5.41) is 0. The highest BCUT2D eigenvalue weighted by atomic mass is 16.5. The molecule has 0 bridgehead atoms. The smallest absolute Gasteiger partial charge is 0.0618 e. The third-order valence-corrected chi connectivity index (χ3v) is 2.94. The lowest BCUT2D eigenvalue weighted by atomic mass is 9.85. The minimum atomic E-state index is 0.180. The zero-order chi connectivity index (χ0) is 9.68. The first-order valence-electron chi connectivity index (χ1n) is 5.61. The van der Waals surface area contributed by atoms with Crippen molar-refractivity contribution in [2.75, 3.05) is 6.61 Å². The van der Waals surface area contributed by atoms with E-state index in [1.807, 2.05) is 6.92 Å². The Bertz CT molecular complexity index is 136. The highest BCUT2D eigenvalue weighted by Gasteiger charge is 2.24. The number of rotatable bonds is 4. The van der Waals surface area contributed by atoms with E-state index in [0.29, 0.717) is 6.10 Å². The molecular weight excluding hydrogens is 162 g/mol. The van der Waals surface area contributed by atoms with Gasteiger partial charge in [-0.15, -0.1) is 0 Å². The molecule has 0 aromatic rings. The molecule has 2 nitrogen and oxygen atoms in total. The van der Waals surface area contributed by atoms with Crippen molar-refractivity contribution in [1.29, 1.82) is 0 Å². The van der Waals surface area contributed by atoms with Crippen molar-refractivity contribution < 1.29 is 4.74 Å². The molecule has 2 N–H and O–H groups in total. The summed E-state index contributed by atoms with van der Waals surface area (Å²) in [6.45, 7) is 4.99. The first-order chi connectivity index (χ1) is 6.24. The van der Waals surface area contributed by atoms with Crippen LogP contribution in [0.4, 0.5) is 0 Å². The van der Waals surface area contributed by atoms with Crippen molar-refractivity contribution in [3.8, 4) is 0 Å². The van der Waals surface area contributed by atoms with Crippen LogP contribution in [-0.2, 0) is 4.74 Å². The molecule has 0 saturated heterocycles. The van der Waals surface area contributed by atoms with Gasteiger partial charge in [0.25, 0.3) is 0 Å². The average molecular weight is 185 g/mol. The van der Waals surface area contributed by atoms with Gasteiger partial charge in [-0.1, -0.05) is 26.2 Å². The topological polar surface area (TPSA) is 35.2 Å². The summed E-state index contributed by atoms with van der Waals surface area (Å²) >= 11 is 0. The van der Waals surface area contributed by atoms with Crippen LogP contribution in [0.15, 0.2) is 0 Å². The summed E-state index contributed by atoms with van der Waals surface area (Å²) in [6.07, 6.45) is 7.05. The molecule has 1 aliphatic carbocycles. The molecule has 0 aromatic heterocycles. The van der Waals surface area contributed by atoms with Crippen molar-refractivity contribution in [3.63, 3.8) is 0 Å². The van der Waals surface area contributed by atoms with Gasteiger partial charge in [-0.3, -0.25) is 0 Å². The third kappa shape index (κ3) is 3.65. The maximum absolute atomic E-state index is 5.82. The molecule has 0 aliphatic heterocycles. The Morgan fingerprint density at radius 1 is 1.38 bits per heavy atom. The fourth-order valence-corrected chi connectivity index (χ4v) is 2.14. The van der Waals surface area contributed by atoms with Crippen LogP contribution in [0.5, 0.6) is 0 Å². The van der Waals surface area contributed by atoms with Gasteiger partial charge in [0.2, 0.25) is 0 Å². The lowest BCUT2D eigenvalue weighted by molar-refractivity contribution is -0.0161. The van der Waals surface area contributed by atoms with Gasteiger partial charge in [0, 0.05) is 6.04 Å². The molecule has 0 spiro atoms. The van der Waals surface area contributed by atoms with Crippen LogP contribution in [0.25, 0.3) is 0 Å². The van der Waals surface area contributed by atoms with Crippen LogP contribution < -0.4 is 5.73 Å². The number of nitrogens with two attached hydrogens (primary N) is 1. The van der Waals surface area contributed by atoms with Crippen molar-refractivity contribution in [3.05, 3.63) is 0 Å². The lowest BCUT2D eigenvalue weighted by Gasteiger charge is -2.31. The van der Waals surface area contributed by atoms with E-state index in [4.69, 9.17) is 10.5 Å². The Labute approximate surface area is 81.8 Å². The Morgan fingerprint density at radius 2 is 2.08 bits per heavy atom. The second-order valence-electron chi connectivity index (χ2n) is 4.30. The van der Waals surface area contributed by atoms with Gasteiger partial charge in [0.1, 0.15) is 0 Å². The summed E-state index contributed by atoms with van der Waals surface area (Å²) in [4.78, 5) is 0. The van der Waals surface area contributed by atoms with Crippen LogP contribution in [-0.4, -0.2) is 18.8 Å². The summed E-state index contributed by atoms with van der Waals surface area (Å²) in [7, 11) is 0. The molecular formula is C11H23NO. The highest BCUT2D eigenvalue weighted by Crippen LogP contribution is 2.28. The number of ether oxygens (including phenoxy) is 1. The first-order valence-corrected chi connectivity index (χ1v) is 5.61. The Balaban J connectivity index is 2.27. The van der Waals surface area contributed by atoms with Gasteiger partial charge < -0.3 is 10.5 Å². The van der Waals surface area contributed by atoms with Gasteiger partial charge in [0.15, 0.2) is 0 Å². The van der Waals surface area contributed by atoms with Crippen molar-refractivity contribution in [2.24, 2.45) is 11.7 Å². The van der Waals surface area contributed by atoms with Crippen molar-refractivity contribution >= 4 is 0 Å². The SMILES string of the molecule is CCC1CCCCC1OC[C@@H](C)N. The fourth-order valence-electron chi connectivity index (χ4n) is 2.14. The summed E-state index contributed by atoms with van der Waals surface area (Å²) in [6, 6.07) is 0.180. The molecule has 1 rings (SSSR count). The molecule has 0 amide bonds. The molecule has 0 radical (unpaired) electrons. The Kier molecular flexibility index (Phi) is 4.74. The van der Waals surface area contributed by atoms with Gasteiger partial charge in [0.05, 0.1) is 12.7 Å². The maximum atomic E-state index is 5.82. The third-order valence-electron chi connectivity index (χ3n) is 2.94. The molecule has 3 atom stereocenters. The van der Waals surface area contributed by atoms with Crippen LogP contribution in [0.2, 0.25) is 0 Å². The van der Waals surface area contributed by atoms with Gasteiger partial charge in [-0.25, -0.2) is 0 Å². The molecule has 1 fully saturated rings. The van der Waals surface area contributed by atoms with Crippen LogP contribution in [0.1, 0.15) is 46.0 Å². The second kappa shape index (κ2) is 5.61. The van der Waals surface area contributed by atoms with E-state index in [0.717, 1.165) is 12.5 Å². The molecule has 13 heavy (non-hydrogen) atoms. The predicted octanol–water partition coefficient (Wildman–Crippen LogP) is 2.32. The maximum Gasteiger partial charge on any atom is 0.0618 e. The first kappa shape index (κ1) is 11.0. The largest absolute Gasteiger partial charge is 0.376 e. The number of hydrogen-bond donors (Lipinski definition) is 1. The van der Waals surface area contributed by atoms with E-state index >= 15 is 0 Å². The fraction of sp³-hybridized carbons (Fsp3) is 1.00. The van der Waals surface area contributed by atoms with Crippen LogP contribution in [0, 0.1) is 5.92 Å². The van der Waals surface area contributed by atoms with Gasteiger partial charge >= 0.3 is 0 Å². The zero-order valence-corrected chi connectivity index (χ0v) is 8.96. The summed E-state index contributed by atoms with van der Waals surface area (Å²) in [5.41, 5.74) is 5.67. The molecule has 0 aromatic carbocycles. The minimum absolute atomic E-state index is 0.180. The highest BCUT2D eigenvalue weighted by molar-refractivity contribution is 4.75. The van der Waals surface area contributed by atoms with E-state index in [2.05, 4.69) is 6.92 Å². The molecule has 2 unspecified atom stereocenters. The Morgan fingerprint density at radius 3 is 2.69 bits per heavy atom. The van der Waals surface area contributed by atoms with E-state index < -0.39 is 0 Å². The predicted molar refractivity (Wildman–Crippen MR) is 55.6 cm³/mol. The van der Waals surface area contributed by atoms with E-state index in [1.54, 1.807) is 0 Å². The Hall–Kier alpha value is -0.0800. The van der Waals surface area contributed by atoms with Crippen LogP contribution in [0.3, 0.4) is 0 Å². The monoisotopic (exact) mass is 185 g/mol. The summed E-state index contributed by atoms with van der Waals surface area (Å²) < 4.78 is 5.82. The molecule has 1 saturated carbocycles. The summed E-state index contributed by atoms with van der Waals surface area (Å²) in [5.74, 6) is 0.785. The van der Waals surface area contributed by atoms with E-state index in [1.165, 1.54) is 32.1 Å². The quantitative estimate of drug-likeness (QED) is 0.729. The van der Waals surface area contributed by atoms with Gasteiger partial charge in [-0.05, 0) is 25.7 Å². The molecule has 78 valence electrons. The average Bonchev–Trinajstić information content (AvgIpc) is 2.15. The minimum Gasteiger partial charge on any atom is -0.376 e. The lowest BCUT2D eigenvalue weighted by Crippen LogP contribution is -2.32. The van der Waals surface area contributed by atoms with Crippen molar-refractivity contribution in [1.82, 2.24) is 0 Å². The molecule has 1 aliphatic rings. The molecule has 2 heteroatoms. The molecule has 0 heterocycles. The second-order valence-corrected chi connectivity index (χ2v) is 4.30. The zero-order valence-electron chi connectivity index (χ0n) is 8.96. The normalized spacial score (nSPS) is 31.6. The van der Waals surface area contributed by atoms with Crippen molar-refractivity contribution in [2.45, 2.75) is 58.1 Å². The van der Waals surface area contributed by atoms with E-state index in [-0.39, 0.29) is 6.04 Å². The van der Waals surface area contributed by atoms with E-state index in [9.17, 15) is 0 Å². The number of hydrogen-bond acceptors (Lipinski definition) is 2. The standard InChI is InChI=1S/C11H23NO/c1-3-10-6-4-5-7-11(10)13-8-9(2)12/h9-11H,3-8,12H2,1-2H3/t9-,10?,11?/m1/s1.